The van der Waals surface area contributed by atoms with Gasteiger partial charge in [0.25, 0.3) is 5.85 Å². The summed E-state index contributed by atoms with van der Waals surface area (Å²) in [6, 6.07) is 0. The Morgan fingerprint density at radius 1 is 1.36 bits per heavy atom. The lowest BCUT2D eigenvalue weighted by Crippen LogP contribution is -2.43. The van der Waals surface area contributed by atoms with Crippen molar-refractivity contribution in [2.75, 3.05) is 0 Å². The summed E-state index contributed by atoms with van der Waals surface area (Å²) in [5, 5.41) is 0. The molecule has 0 aromatic carbocycles. The maximum absolute atomic E-state index is 13.5. The lowest BCUT2D eigenvalue weighted by molar-refractivity contribution is -0.407. The molecule has 14 heavy (non-hydrogen) atoms. The quantitative estimate of drug-likeness (QED) is 0.646. The molecule has 0 amide bonds. The van der Waals surface area contributed by atoms with Crippen molar-refractivity contribution in [2.45, 2.75) is 44.6 Å². The molecule has 1 aliphatic carbocycles. The second-order valence-corrected chi connectivity index (χ2v) is 3.40. The first-order valence-corrected chi connectivity index (χ1v) is 4.39. The van der Waals surface area contributed by atoms with E-state index in [1.807, 2.05) is 0 Å². The maximum atomic E-state index is 13.5. The average molecular weight is 218 g/mol. The Bertz CT molecular complexity index is 204. The van der Waals surface area contributed by atoms with E-state index in [2.05, 4.69) is 4.74 Å². The molecule has 0 aliphatic heterocycles. The van der Waals surface area contributed by atoms with Crippen LogP contribution >= 0.6 is 0 Å². The highest BCUT2D eigenvalue weighted by molar-refractivity contribution is 4.92. The number of halogens is 5. The highest BCUT2D eigenvalue weighted by Crippen LogP contribution is 2.46. The number of ether oxygens (including phenoxy) is 1. The summed E-state index contributed by atoms with van der Waals surface area (Å²) in [5.74, 6) is -4.20. The van der Waals surface area contributed by atoms with Crippen molar-refractivity contribution in [3.8, 4) is 0 Å². The minimum Gasteiger partial charge on any atom is -0.251 e. The van der Waals surface area contributed by atoms with Crippen molar-refractivity contribution in [2.24, 2.45) is 5.92 Å². The molecule has 1 aliphatic rings. The second-order valence-electron chi connectivity index (χ2n) is 3.40. The van der Waals surface area contributed by atoms with E-state index in [0.29, 0.717) is 0 Å². The van der Waals surface area contributed by atoms with Crippen molar-refractivity contribution >= 4 is 0 Å². The highest BCUT2D eigenvalue weighted by Gasteiger charge is 2.57. The first-order valence-electron chi connectivity index (χ1n) is 4.39. The molecular weight excluding hydrogens is 207 g/mol. The van der Waals surface area contributed by atoms with E-state index in [-0.39, 0.29) is 19.3 Å². The second kappa shape index (κ2) is 3.64. The van der Waals surface area contributed by atoms with Crippen LogP contribution < -0.4 is 0 Å². The van der Waals surface area contributed by atoms with Crippen LogP contribution in [0.25, 0.3) is 0 Å². The monoisotopic (exact) mass is 218 g/mol. The Labute approximate surface area is 78.2 Å². The van der Waals surface area contributed by atoms with E-state index in [1.165, 1.54) is 6.92 Å². The van der Waals surface area contributed by atoms with Crippen LogP contribution in [0.5, 0.6) is 0 Å². The lowest BCUT2D eigenvalue weighted by atomic mass is 10.0. The SMILES string of the molecule is CCC1CCC(F)C1(F)OC(F)(F)F. The molecule has 0 radical (unpaired) electrons. The summed E-state index contributed by atoms with van der Waals surface area (Å²) in [7, 11) is 0. The predicted octanol–water partition coefficient (Wildman–Crippen LogP) is 3.35. The van der Waals surface area contributed by atoms with Gasteiger partial charge in [-0.2, -0.15) is 0 Å². The smallest absolute Gasteiger partial charge is 0.251 e. The largest absolute Gasteiger partial charge is 0.525 e. The van der Waals surface area contributed by atoms with Gasteiger partial charge in [0.15, 0.2) is 6.17 Å². The van der Waals surface area contributed by atoms with Crippen molar-refractivity contribution < 1.29 is 26.7 Å². The van der Waals surface area contributed by atoms with Gasteiger partial charge in [0.05, 0.1) is 0 Å². The van der Waals surface area contributed by atoms with E-state index < -0.39 is 24.3 Å². The third-order valence-corrected chi connectivity index (χ3v) is 2.52. The van der Waals surface area contributed by atoms with Gasteiger partial charge < -0.3 is 0 Å². The van der Waals surface area contributed by atoms with E-state index in [9.17, 15) is 22.0 Å². The fourth-order valence-electron chi connectivity index (χ4n) is 1.80. The van der Waals surface area contributed by atoms with Crippen LogP contribution in [0.1, 0.15) is 26.2 Å². The van der Waals surface area contributed by atoms with E-state index >= 15 is 0 Å². The van der Waals surface area contributed by atoms with Crippen LogP contribution in [0.2, 0.25) is 0 Å². The minimum absolute atomic E-state index is 0.0875. The molecule has 0 saturated heterocycles. The molecule has 1 fully saturated rings. The van der Waals surface area contributed by atoms with Crippen LogP contribution in [0, 0.1) is 5.92 Å². The fourth-order valence-corrected chi connectivity index (χ4v) is 1.80. The molecule has 6 heteroatoms. The molecule has 0 spiro atoms. The third-order valence-electron chi connectivity index (χ3n) is 2.52. The molecule has 3 unspecified atom stereocenters. The van der Waals surface area contributed by atoms with Gasteiger partial charge in [0.2, 0.25) is 0 Å². The zero-order chi connectivity index (χ0) is 11.0. The van der Waals surface area contributed by atoms with Gasteiger partial charge in [0, 0.05) is 5.92 Å². The van der Waals surface area contributed by atoms with Crippen LogP contribution in [0.3, 0.4) is 0 Å². The van der Waals surface area contributed by atoms with E-state index in [1.54, 1.807) is 0 Å². The van der Waals surface area contributed by atoms with Crippen LogP contribution in [0.15, 0.2) is 0 Å². The summed E-state index contributed by atoms with van der Waals surface area (Å²) >= 11 is 0. The van der Waals surface area contributed by atoms with Crippen LogP contribution in [0.4, 0.5) is 22.0 Å². The number of hydrogen-bond donors (Lipinski definition) is 0. The molecule has 0 aromatic heterocycles. The Morgan fingerprint density at radius 3 is 2.36 bits per heavy atom. The summed E-state index contributed by atoms with van der Waals surface area (Å²) in [5.41, 5.74) is 0. The van der Waals surface area contributed by atoms with E-state index in [4.69, 9.17) is 0 Å². The Kier molecular flexibility index (Phi) is 3.04. The minimum atomic E-state index is -5.13. The van der Waals surface area contributed by atoms with Crippen molar-refractivity contribution in [1.82, 2.24) is 0 Å². The predicted molar refractivity (Wildman–Crippen MR) is 38.9 cm³/mol. The molecule has 1 nitrogen and oxygen atoms in total. The molecular formula is C8H11F5O. The van der Waals surface area contributed by atoms with Gasteiger partial charge in [0.1, 0.15) is 0 Å². The molecule has 0 bridgehead atoms. The summed E-state index contributed by atoms with van der Waals surface area (Å²) in [6.07, 6.45) is -7.31. The molecule has 84 valence electrons. The summed E-state index contributed by atoms with van der Waals surface area (Å²) in [6.45, 7) is 1.51. The molecule has 0 heterocycles. The Hall–Kier alpha value is -0.390. The molecule has 3 atom stereocenters. The van der Waals surface area contributed by atoms with E-state index in [0.717, 1.165) is 0 Å². The average Bonchev–Trinajstić information content (AvgIpc) is 2.25. The molecule has 0 aromatic rings. The van der Waals surface area contributed by atoms with Crippen molar-refractivity contribution in [3.05, 3.63) is 0 Å². The van der Waals surface area contributed by atoms with Gasteiger partial charge in [-0.3, -0.25) is 4.74 Å². The zero-order valence-electron chi connectivity index (χ0n) is 7.57. The van der Waals surface area contributed by atoms with Crippen LogP contribution in [-0.2, 0) is 4.74 Å². The van der Waals surface area contributed by atoms with Gasteiger partial charge in [-0.15, -0.1) is 13.2 Å². The topological polar surface area (TPSA) is 9.23 Å². The first-order chi connectivity index (χ1) is 6.29. The fraction of sp³-hybridized carbons (Fsp3) is 1.00. The standard InChI is InChI=1S/C8H11F5O/c1-2-5-3-4-6(9)7(5,10)14-8(11,12)13/h5-6H,2-4H2,1H3. The van der Waals surface area contributed by atoms with Crippen molar-refractivity contribution in [1.29, 1.82) is 0 Å². The number of rotatable bonds is 2. The Balaban J connectivity index is 2.78. The number of hydrogen-bond acceptors (Lipinski definition) is 1. The molecule has 0 N–H and O–H groups in total. The molecule has 1 rings (SSSR count). The first kappa shape index (κ1) is 11.7. The zero-order valence-corrected chi connectivity index (χ0v) is 7.57. The van der Waals surface area contributed by atoms with Gasteiger partial charge in [-0.05, 0) is 19.3 Å². The summed E-state index contributed by atoms with van der Waals surface area (Å²) < 4.78 is 65.2. The van der Waals surface area contributed by atoms with Gasteiger partial charge in [-0.25, -0.2) is 8.78 Å². The van der Waals surface area contributed by atoms with Crippen molar-refractivity contribution in [3.63, 3.8) is 0 Å². The maximum Gasteiger partial charge on any atom is 0.525 e. The number of alkyl halides is 5. The van der Waals surface area contributed by atoms with Crippen LogP contribution in [-0.4, -0.2) is 18.4 Å². The highest BCUT2D eigenvalue weighted by atomic mass is 19.4. The summed E-state index contributed by atoms with van der Waals surface area (Å²) in [4.78, 5) is 0. The molecule has 1 saturated carbocycles. The van der Waals surface area contributed by atoms with Gasteiger partial charge in [-0.1, -0.05) is 6.92 Å². The van der Waals surface area contributed by atoms with Gasteiger partial charge >= 0.3 is 6.36 Å². The lowest BCUT2D eigenvalue weighted by Gasteiger charge is -2.29. The Morgan fingerprint density at radius 2 is 1.93 bits per heavy atom. The normalized spacial score (nSPS) is 39.0. The third kappa shape index (κ3) is 2.16.